The van der Waals surface area contributed by atoms with Gasteiger partial charge in [-0.2, -0.15) is 0 Å². The number of halogens is 2. The molecule has 2 aromatic carbocycles. The van der Waals surface area contributed by atoms with E-state index in [2.05, 4.69) is 15.6 Å². The molecule has 0 saturated carbocycles. The fraction of sp³-hybridized carbons (Fsp3) is 0.441. The van der Waals surface area contributed by atoms with Gasteiger partial charge in [0, 0.05) is 43.6 Å². The van der Waals surface area contributed by atoms with E-state index >= 15 is 0 Å². The second-order valence-electron chi connectivity index (χ2n) is 11.5. The van der Waals surface area contributed by atoms with Crippen LogP contribution in [0.5, 0.6) is 0 Å². The summed E-state index contributed by atoms with van der Waals surface area (Å²) in [6, 6.07) is 13.9. The molecule has 0 aliphatic rings. The Balaban J connectivity index is 1.71. The molecule has 43 heavy (non-hydrogen) atoms. The molecule has 0 aliphatic carbocycles. The Morgan fingerprint density at radius 3 is 2.12 bits per heavy atom. The van der Waals surface area contributed by atoms with Gasteiger partial charge in [0.05, 0.1) is 25.0 Å². The van der Waals surface area contributed by atoms with E-state index in [4.69, 9.17) is 0 Å². The number of aromatic nitrogens is 1. The van der Waals surface area contributed by atoms with Crippen molar-refractivity contribution in [2.24, 2.45) is 0 Å². The van der Waals surface area contributed by atoms with Gasteiger partial charge in [-0.05, 0) is 67.5 Å². The van der Waals surface area contributed by atoms with Crippen LogP contribution < -0.4 is 10.6 Å². The first-order chi connectivity index (χ1) is 20.5. The maximum Gasteiger partial charge on any atom is 0.227 e. The van der Waals surface area contributed by atoms with Crippen molar-refractivity contribution >= 4 is 11.8 Å². The third-order valence-corrected chi connectivity index (χ3v) is 7.35. The molecular formula is C34H44F2N4O3. The fourth-order valence-corrected chi connectivity index (χ4v) is 5.09. The number of nitrogens with zero attached hydrogens (tertiary/aromatic N) is 2. The summed E-state index contributed by atoms with van der Waals surface area (Å²) >= 11 is 0. The van der Waals surface area contributed by atoms with Crippen LogP contribution in [-0.2, 0) is 34.4 Å². The van der Waals surface area contributed by atoms with Crippen LogP contribution in [0.2, 0.25) is 0 Å². The van der Waals surface area contributed by atoms with Crippen LogP contribution in [0, 0.1) is 11.6 Å². The number of amides is 2. The van der Waals surface area contributed by atoms with Crippen molar-refractivity contribution in [2.75, 3.05) is 19.6 Å². The number of nitrogens with one attached hydrogen (secondary N) is 2. The van der Waals surface area contributed by atoms with Crippen LogP contribution in [0.3, 0.4) is 0 Å². The number of aliphatic hydroxyl groups excluding tert-OH is 1. The molecule has 3 aromatic rings. The van der Waals surface area contributed by atoms with Crippen LogP contribution in [0.15, 0.2) is 67.0 Å². The largest absolute Gasteiger partial charge is 0.390 e. The Morgan fingerprint density at radius 1 is 0.907 bits per heavy atom. The fourth-order valence-electron chi connectivity index (χ4n) is 5.09. The van der Waals surface area contributed by atoms with E-state index in [1.165, 1.54) is 12.1 Å². The topological polar surface area (TPSA) is 94.6 Å². The Bertz CT molecular complexity index is 1310. The van der Waals surface area contributed by atoms with Crippen LogP contribution >= 0.6 is 0 Å². The molecule has 0 bridgehead atoms. The molecule has 0 aliphatic heterocycles. The number of carbonyl (C=O) groups excluding carboxylic acids is 2. The van der Waals surface area contributed by atoms with E-state index in [0.717, 1.165) is 24.5 Å². The summed E-state index contributed by atoms with van der Waals surface area (Å²) in [5, 5.41) is 17.4. The molecular weight excluding hydrogens is 550 g/mol. The second-order valence-corrected chi connectivity index (χ2v) is 11.5. The Kier molecular flexibility index (Phi) is 12.8. The molecule has 1 heterocycles. The van der Waals surface area contributed by atoms with Gasteiger partial charge in [-0.1, -0.05) is 50.2 Å². The first kappa shape index (κ1) is 33.8. The van der Waals surface area contributed by atoms with Gasteiger partial charge in [-0.15, -0.1) is 0 Å². The van der Waals surface area contributed by atoms with E-state index in [0.29, 0.717) is 29.8 Å². The summed E-state index contributed by atoms with van der Waals surface area (Å²) in [5.41, 5.74) is 2.19. The molecule has 0 unspecified atom stereocenters. The highest BCUT2D eigenvalue weighted by Crippen LogP contribution is 2.20. The number of pyridine rings is 1. The van der Waals surface area contributed by atoms with Gasteiger partial charge in [0.1, 0.15) is 11.6 Å². The van der Waals surface area contributed by atoms with Crippen molar-refractivity contribution in [3.63, 3.8) is 0 Å². The van der Waals surface area contributed by atoms with Gasteiger partial charge < -0.3 is 20.6 Å². The van der Waals surface area contributed by atoms with Crippen LogP contribution in [0.4, 0.5) is 8.78 Å². The van der Waals surface area contributed by atoms with Crippen molar-refractivity contribution in [1.29, 1.82) is 0 Å². The minimum atomic E-state index is -1.07. The molecule has 1 aromatic heterocycles. The number of hydrogen-bond donors (Lipinski definition) is 3. The van der Waals surface area contributed by atoms with Crippen molar-refractivity contribution in [3.8, 4) is 0 Å². The highest BCUT2D eigenvalue weighted by molar-refractivity contribution is 5.80. The number of rotatable bonds is 16. The molecule has 0 radical (unpaired) electrons. The van der Waals surface area contributed by atoms with Crippen LogP contribution in [0.1, 0.15) is 62.8 Å². The third-order valence-electron chi connectivity index (χ3n) is 7.35. The molecule has 2 amide bonds. The normalized spacial score (nSPS) is 12.9. The zero-order valence-corrected chi connectivity index (χ0v) is 25.6. The first-order valence-corrected chi connectivity index (χ1v) is 14.9. The minimum absolute atomic E-state index is 0.0172. The molecule has 0 saturated heterocycles. The quantitative estimate of drug-likeness (QED) is 0.224. The molecule has 232 valence electrons. The molecule has 0 fully saturated rings. The average molecular weight is 595 g/mol. The molecule has 3 rings (SSSR count). The van der Waals surface area contributed by atoms with Crippen molar-refractivity contribution in [2.45, 2.75) is 77.5 Å². The van der Waals surface area contributed by atoms with Crippen molar-refractivity contribution in [3.05, 3.63) is 101 Å². The van der Waals surface area contributed by atoms with Crippen molar-refractivity contribution < 1.29 is 23.5 Å². The van der Waals surface area contributed by atoms with E-state index in [9.17, 15) is 23.5 Å². The summed E-state index contributed by atoms with van der Waals surface area (Å²) in [4.78, 5) is 32.1. The molecule has 2 atom stereocenters. The lowest BCUT2D eigenvalue weighted by molar-refractivity contribution is -0.130. The zero-order valence-electron chi connectivity index (χ0n) is 25.6. The molecule has 7 nitrogen and oxygen atoms in total. The lowest BCUT2D eigenvalue weighted by Gasteiger charge is -2.31. The van der Waals surface area contributed by atoms with E-state index in [1.54, 1.807) is 18.5 Å². The standard InChI is InChI=1S/C34H44F2N4O3/c1-5-12-40(13-6-2)33(43)19-26-14-25(21-37-22-26)18-32(42)39-30(17-24-15-28(35)20-29(36)16-24)31(41)23-38-34(3,4)27-10-8-7-9-11-27/h7-11,14-16,20-22,30-31,38,41H,5-6,12-13,17-19,23H2,1-4H3,(H,39,42)/t30-,31+/m0/s1. The Labute approximate surface area is 253 Å². The number of aliphatic hydroxyl groups is 1. The average Bonchev–Trinajstić information content (AvgIpc) is 2.95. The van der Waals surface area contributed by atoms with E-state index in [1.807, 2.05) is 62.9 Å². The highest BCUT2D eigenvalue weighted by atomic mass is 19.1. The molecule has 0 spiro atoms. The SMILES string of the molecule is CCCN(CCC)C(=O)Cc1cncc(CC(=O)N[C@@H](Cc2cc(F)cc(F)c2)[C@H](O)CNC(C)(C)c2ccccc2)c1. The zero-order chi connectivity index (χ0) is 31.4. The van der Waals surface area contributed by atoms with Gasteiger partial charge in [0.15, 0.2) is 0 Å². The van der Waals surface area contributed by atoms with E-state index in [-0.39, 0.29) is 37.6 Å². The molecule has 3 N–H and O–H groups in total. The van der Waals surface area contributed by atoms with E-state index < -0.39 is 29.3 Å². The summed E-state index contributed by atoms with van der Waals surface area (Å²) in [6.07, 6.45) is 4.05. The second kappa shape index (κ2) is 16.2. The number of hydrogen-bond acceptors (Lipinski definition) is 5. The van der Waals surface area contributed by atoms with Crippen LogP contribution in [-0.4, -0.2) is 58.6 Å². The van der Waals surface area contributed by atoms with Gasteiger partial charge in [-0.3, -0.25) is 14.6 Å². The number of carbonyl (C=O) groups is 2. The Morgan fingerprint density at radius 2 is 1.51 bits per heavy atom. The Hall–Kier alpha value is -3.69. The lowest BCUT2D eigenvalue weighted by Crippen LogP contribution is -2.51. The monoisotopic (exact) mass is 594 g/mol. The van der Waals surface area contributed by atoms with Gasteiger partial charge in [0.25, 0.3) is 0 Å². The number of benzene rings is 2. The summed E-state index contributed by atoms with van der Waals surface area (Å²) < 4.78 is 27.9. The summed E-state index contributed by atoms with van der Waals surface area (Å²) in [5.74, 6) is -1.82. The van der Waals surface area contributed by atoms with Gasteiger partial charge in [0.2, 0.25) is 11.8 Å². The maximum absolute atomic E-state index is 13.9. The summed E-state index contributed by atoms with van der Waals surface area (Å²) in [6.45, 7) is 9.54. The van der Waals surface area contributed by atoms with Gasteiger partial charge >= 0.3 is 0 Å². The van der Waals surface area contributed by atoms with Gasteiger partial charge in [-0.25, -0.2) is 8.78 Å². The van der Waals surface area contributed by atoms with Crippen LogP contribution in [0.25, 0.3) is 0 Å². The maximum atomic E-state index is 13.9. The third kappa shape index (κ3) is 10.8. The highest BCUT2D eigenvalue weighted by Gasteiger charge is 2.26. The predicted octanol–water partition coefficient (Wildman–Crippen LogP) is 4.71. The first-order valence-electron chi connectivity index (χ1n) is 14.9. The molecule has 9 heteroatoms. The summed E-state index contributed by atoms with van der Waals surface area (Å²) in [7, 11) is 0. The smallest absolute Gasteiger partial charge is 0.227 e. The minimum Gasteiger partial charge on any atom is -0.390 e. The lowest BCUT2D eigenvalue weighted by atomic mass is 9.93. The predicted molar refractivity (Wildman–Crippen MR) is 164 cm³/mol. The van der Waals surface area contributed by atoms with Crippen molar-refractivity contribution in [1.82, 2.24) is 20.5 Å².